The molecule has 1 rings (SSSR count). The summed E-state index contributed by atoms with van der Waals surface area (Å²) < 4.78 is 0. The lowest BCUT2D eigenvalue weighted by Crippen LogP contribution is -2.38. The molecule has 0 bridgehead atoms. The Labute approximate surface area is 80.5 Å². The Kier molecular flexibility index (Phi) is 4.22. The van der Waals surface area contributed by atoms with Gasteiger partial charge in [-0.3, -0.25) is 4.79 Å². The van der Waals surface area contributed by atoms with E-state index in [9.17, 15) is 4.79 Å². The van der Waals surface area contributed by atoms with E-state index in [1.165, 1.54) is 25.7 Å². The van der Waals surface area contributed by atoms with Gasteiger partial charge in [-0.25, -0.2) is 0 Å². The van der Waals surface area contributed by atoms with Crippen molar-refractivity contribution in [3.8, 4) is 0 Å². The zero-order valence-corrected chi connectivity index (χ0v) is 8.68. The summed E-state index contributed by atoms with van der Waals surface area (Å²) in [6, 6.07) is 0.592. The normalized spacial score (nSPS) is 17.7. The first-order valence-corrected chi connectivity index (χ1v) is 5.21. The lowest BCUT2D eigenvalue weighted by atomic mass is 10.2. The minimum atomic E-state index is 0.203. The molecule has 1 aliphatic carbocycles. The van der Waals surface area contributed by atoms with E-state index >= 15 is 0 Å². The molecule has 1 saturated carbocycles. The highest BCUT2D eigenvalue weighted by molar-refractivity contribution is 5.77. The van der Waals surface area contributed by atoms with Crippen molar-refractivity contribution >= 4 is 5.91 Å². The highest BCUT2D eigenvalue weighted by Crippen LogP contribution is 2.17. The fourth-order valence-corrected chi connectivity index (χ4v) is 1.67. The van der Waals surface area contributed by atoms with Crippen molar-refractivity contribution in [3.05, 3.63) is 0 Å². The Hall–Kier alpha value is -0.570. The van der Waals surface area contributed by atoms with Gasteiger partial charge >= 0.3 is 0 Å². The maximum absolute atomic E-state index is 11.4. The number of amides is 1. The average Bonchev–Trinajstić information content (AvgIpc) is 2.65. The summed E-state index contributed by atoms with van der Waals surface area (Å²) in [5.74, 6) is 0.203. The minimum Gasteiger partial charge on any atom is -0.345 e. The molecule has 0 aliphatic heterocycles. The van der Waals surface area contributed by atoms with Gasteiger partial charge in [0, 0.05) is 19.6 Å². The second kappa shape index (κ2) is 5.22. The summed E-state index contributed by atoms with van der Waals surface area (Å²) >= 11 is 0. The van der Waals surface area contributed by atoms with Gasteiger partial charge in [-0.2, -0.15) is 0 Å². The molecule has 0 unspecified atom stereocenters. The molecule has 0 atom stereocenters. The van der Waals surface area contributed by atoms with Crippen LogP contribution in [0, 0.1) is 0 Å². The number of hydrogen-bond donors (Lipinski definition) is 1. The fourth-order valence-electron chi connectivity index (χ4n) is 1.67. The van der Waals surface area contributed by atoms with Gasteiger partial charge in [0.25, 0.3) is 0 Å². The van der Waals surface area contributed by atoms with E-state index < -0.39 is 0 Å². The van der Waals surface area contributed by atoms with Crippen LogP contribution in [0.3, 0.4) is 0 Å². The van der Waals surface area contributed by atoms with E-state index in [4.69, 9.17) is 0 Å². The first kappa shape index (κ1) is 10.5. The number of likely N-dealkylation sites (N-methyl/N-ethyl adjacent to an activating group) is 1. The predicted octanol–water partition coefficient (Wildman–Crippen LogP) is 0.997. The third kappa shape index (κ3) is 3.35. The second-order valence-electron chi connectivity index (χ2n) is 3.77. The fraction of sp³-hybridized carbons (Fsp3) is 0.900. The van der Waals surface area contributed by atoms with Gasteiger partial charge in [0.05, 0.1) is 6.54 Å². The second-order valence-corrected chi connectivity index (χ2v) is 3.77. The summed E-state index contributed by atoms with van der Waals surface area (Å²) in [4.78, 5) is 13.1. The van der Waals surface area contributed by atoms with Crippen LogP contribution in [-0.4, -0.2) is 37.0 Å². The Morgan fingerprint density at radius 2 is 2.08 bits per heavy atom. The molecule has 0 heterocycles. The van der Waals surface area contributed by atoms with E-state index in [-0.39, 0.29) is 5.91 Å². The Morgan fingerprint density at radius 3 is 2.62 bits per heavy atom. The SMILES string of the molecule is CCN(C)C(=O)CNC1CCCC1. The van der Waals surface area contributed by atoms with Crippen LogP contribution in [0.5, 0.6) is 0 Å². The molecule has 1 fully saturated rings. The summed E-state index contributed by atoms with van der Waals surface area (Å²) in [6.07, 6.45) is 5.11. The van der Waals surface area contributed by atoms with E-state index in [0.29, 0.717) is 12.6 Å². The third-order valence-corrected chi connectivity index (χ3v) is 2.80. The molecule has 1 aliphatic rings. The van der Waals surface area contributed by atoms with Crippen LogP contribution < -0.4 is 5.32 Å². The third-order valence-electron chi connectivity index (χ3n) is 2.80. The molecule has 13 heavy (non-hydrogen) atoms. The van der Waals surface area contributed by atoms with Gasteiger partial charge in [-0.05, 0) is 19.8 Å². The lowest BCUT2D eigenvalue weighted by Gasteiger charge is -2.17. The summed E-state index contributed by atoms with van der Waals surface area (Å²) in [7, 11) is 1.85. The van der Waals surface area contributed by atoms with Gasteiger partial charge in [-0.1, -0.05) is 12.8 Å². The maximum atomic E-state index is 11.4. The van der Waals surface area contributed by atoms with Crippen molar-refractivity contribution < 1.29 is 4.79 Å². The van der Waals surface area contributed by atoms with Crippen molar-refractivity contribution in [2.45, 2.75) is 38.6 Å². The maximum Gasteiger partial charge on any atom is 0.236 e. The number of carbonyl (C=O) groups excluding carboxylic acids is 1. The molecular formula is C10H20N2O. The highest BCUT2D eigenvalue weighted by Gasteiger charge is 2.15. The standard InChI is InChI=1S/C10H20N2O/c1-3-12(2)10(13)8-11-9-6-4-5-7-9/h9,11H,3-8H2,1-2H3. The van der Waals surface area contributed by atoms with Crippen LogP contribution in [0.25, 0.3) is 0 Å². The largest absolute Gasteiger partial charge is 0.345 e. The zero-order valence-electron chi connectivity index (χ0n) is 8.68. The molecule has 0 spiro atoms. The molecular weight excluding hydrogens is 164 g/mol. The topological polar surface area (TPSA) is 32.3 Å². The Morgan fingerprint density at radius 1 is 1.46 bits per heavy atom. The number of carbonyl (C=O) groups is 1. The zero-order chi connectivity index (χ0) is 9.68. The van der Waals surface area contributed by atoms with Gasteiger partial charge in [0.1, 0.15) is 0 Å². The molecule has 0 radical (unpaired) electrons. The Balaban J connectivity index is 2.13. The van der Waals surface area contributed by atoms with E-state index in [1.807, 2.05) is 14.0 Å². The first-order chi connectivity index (χ1) is 6.24. The summed E-state index contributed by atoms with van der Waals surface area (Å²) in [5, 5.41) is 3.31. The summed E-state index contributed by atoms with van der Waals surface area (Å²) in [6.45, 7) is 3.30. The minimum absolute atomic E-state index is 0.203. The van der Waals surface area contributed by atoms with Crippen molar-refractivity contribution in [2.75, 3.05) is 20.1 Å². The van der Waals surface area contributed by atoms with Crippen molar-refractivity contribution in [1.29, 1.82) is 0 Å². The van der Waals surface area contributed by atoms with E-state index in [2.05, 4.69) is 5.32 Å². The molecule has 1 N–H and O–H groups in total. The molecule has 3 heteroatoms. The monoisotopic (exact) mass is 184 g/mol. The van der Waals surface area contributed by atoms with Gasteiger partial charge < -0.3 is 10.2 Å². The van der Waals surface area contributed by atoms with Gasteiger partial charge in [0.15, 0.2) is 0 Å². The van der Waals surface area contributed by atoms with Crippen molar-refractivity contribution in [1.82, 2.24) is 10.2 Å². The molecule has 0 aromatic rings. The average molecular weight is 184 g/mol. The molecule has 1 amide bonds. The molecule has 0 aromatic heterocycles. The van der Waals surface area contributed by atoms with E-state index in [0.717, 1.165) is 6.54 Å². The predicted molar refractivity (Wildman–Crippen MR) is 53.6 cm³/mol. The molecule has 0 aromatic carbocycles. The van der Waals surface area contributed by atoms with Crippen molar-refractivity contribution in [3.63, 3.8) is 0 Å². The first-order valence-electron chi connectivity index (χ1n) is 5.21. The van der Waals surface area contributed by atoms with E-state index in [1.54, 1.807) is 4.90 Å². The number of hydrogen-bond acceptors (Lipinski definition) is 2. The summed E-state index contributed by atoms with van der Waals surface area (Å²) in [5.41, 5.74) is 0. The van der Waals surface area contributed by atoms with Crippen LogP contribution in [0.4, 0.5) is 0 Å². The smallest absolute Gasteiger partial charge is 0.236 e. The molecule has 0 saturated heterocycles. The van der Waals surface area contributed by atoms with Crippen LogP contribution in [0.15, 0.2) is 0 Å². The van der Waals surface area contributed by atoms with Gasteiger partial charge in [-0.15, -0.1) is 0 Å². The van der Waals surface area contributed by atoms with Crippen molar-refractivity contribution in [2.24, 2.45) is 0 Å². The Bertz CT molecular complexity index is 164. The van der Waals surface area contributed by atoms with Crippen LogP contribution >= 0.6 is 0 Å². The number of nitrogens with one attached hydrogen (secondary N) is 1. The molecule has 76 valence electrons. The number of nitrogens with zero attached hydrogens (tertiary/aromatic N) is 1. The van der Waals surface area contributed by atoms with Crippen LogP contribution in [0.2, 0.25) is 0 Å². The van der Waals surface area contributed by atoms with Crippen LogP contribution in [-0.2, 0) is 4.79 Å². The number of rotatable bonds is 4. The van der Waals surface area contributed by atoms with Crippen LogP contribution in [0.1, 0.15) is 32.6 Å². The van der Waals surface area contributed by atoms with Gasteiger partial charge in [0.2, 0.25) is 5.91 Å². The lowest BCUT2D eigenvalue weighted by molar-refractivity contribution is -0.128. The quantitative estimate of drug-likeness (QED) is 0.707. The highest BCUT2D eigenvalue weighted by atomic mass is 16.2. The molecule has 3 nitrogen and oxygen atoms in total.